The summed E-state index contributed by atoms with van der Waals surface area (Å²) in [7, 11) is 1.62. The van der Waals surface area contributed by atoms with Gasteiger partial charge in [-0.25, -0.2) is 0 Å². The molecule has 1 aromatic carbocycles. The van der Waals surface area contributed by atoms with E-state index in [0.717, 1.165) is 43.8 Å². The minimum atomic E-state index is 0.0418. The van der Waals surface area contributed by atoms with Gasteiger partial charge in [0.15, 0.2) is 6.61 Å². The van der Waals surface area contributed by atoms with Crippen molar-refractivity contribution in [1.29, 1.82) is 0 Å². The van der Waals surface area contributed by atoms with Crippen LogP contribution in [0.15, 0.2) is 36.5 Å². The first kappa shape index (κ1) is 16.4. The Morgan fingerprint density at radius 3 is 2.79 bits per heavy atom. The van der Waals surface area contributed by atoms with Crippen LogP contribution in [0.1, 0.15) is 18.5 Å². The maximum atomic E-state index is 12.4. The van der Waals surface area contributed by atoms with E-state index < -0.39 is 0 Å². The van der Waals surface area contributed by atoms with Gasteiger partial charge in [-0.2, -0.15) is 5.10 Å². The fourth-order valence-corrected chi connectivity index (χ4v) is 3.08. The number of likely N-dealkylation sites (tertiary alicyclic amines) is 1. The molecule has 0 spiro atoms. The van der Waals surface area contributed by atoms with E-state index in [2.05, 4.69) is 10.2 Å². The van der Waals surface area contributed by atoms with E-state index in [0.29, 0.717) is 11.7 Å². The van der Waals surface area contributed by atoms with Gasteiger partial charge in [-0.15, -0.1) is 0 Å². The molecule has 1 fully saturated rings. The van der Waals surface area contributed by atoms with Crippen molar-refractivity contribution >= 4 is 5.91 Å². The third-order valence-corrected chi connectivity index (χ3v) is 4.36. The van der Waals surface area contributed by atoms with Crippen molar-refractivity contribution in [3.05, 3.63) is 42.2 Å². The Labute approximate surface area is 141 Å². The number of methoxy groups -OCH3 is 1. The lowest BCUT2D eigenvalue weighted by Crippen LogP contribution is -2.42. The fourth-order valence-electron chi connectivity index (χ4n) is 3.08. The van der Waals surface area contributed by atoms with Gasteiger partial charge in [0, 0.05) is 25.0 Å². The molecular formula is C18H23N3O3. The molecule has 6 nitrogen and oxygen atoms in total. The van der Waals surface area contributed by atoms with Gasteiger partial charge in [0.1, 0.15) is 11.5 Å². The number of nitrogens with one attached hydrogen (secondary N) is 1. The Bertz CT molecular complexity index is 640. The van der Waals surface area contributed by atoms with Crippen LogP contribution in [0.25, 0.3) is 0 Å². The first-order valence-electron chi connectivity index (χ1n) is 8.27. The first-order chi connectivity index (χ1) is 11.7. The van der Waals surface area contributed by atoms with E-state index in [4.69, 9.17) is 9.47 Å². The molecule has 2 aromatic rings. The summed E-state index contributed by atoms with van der Waals surface area (Å²) in [6.45, 7) is 1.66. The highest BCUT2D eigenvalue weighted by Crippen LogP contribution is 2.21. The molecule has 1 aromatic heterocycles. The number of hydrogen-bond acceptors (Lipinski definition) is 4. The van der Waals surface area contributed by atoms with Gasteiger partial charge in [0.25, 0.3) is 5.91 Å². The van der Waals surface area contributed by atoms with Crippen LogP contribution >= 0.6 is 0 Å². The lowest BCUT2D eigenvalue weighted by atomic mass is 9.93. The second kappa shape index (κ2) is 7.86. The maximum absolute atomic E-state index is 12.4. The minimum Gasteiger partial charge on any atom is -0.497 e. The number of carbonyl (C=O) groups excluding carboxylic acids is 1. The Hall–Kier alpha value is -2.50. The van der Waals surface area contributed by atoms with Gasteiger partial charge < -0.3 is 14.4 Å². The molecule has 1 unspecified atom stereocenters. The molecule has 24 heavy (non-hydrogen) atoms. The van der Waals surface area contributed by atoms with Crippen LogP contribution in [0.4, 0.5) is 0 Å². The molecule has 0 saturated carbocycles. The quantitative estimate of drug-likeness (QED) is 0.883. The molecule has 1 N–H and O–H groups in total. The summed E-state index contributed by atoms with van der Waals surface area (Å²) < 4.78 is 10.7. The number of hydrogen-bond donors (Lipinski definition) is 1. The van der Waals surface area contributed by atoms with Gasteiger partial charge in [-0.3, -0.25) is 9.89 Å². The topological polar surface area (TPSA) is 67.5 Å². The third kappa shape index (κ3) is 4.28. The van der Waals surface area contributed by atoms with E-state index in [-0.39, 0.29) is 12.5 Å². The van der Waals surface area contributed by atoms with Gasteiger partial charge >= 0.3 is 0 Å². The summed E-state index contributed by atoms with van der Waals surface area (Å²) in [5, 5.41) is 6.98. The van der Waals surface area contributed by atoms with Crippen LogP contribution < -0.4 is 9.47 Å². The Kier molecular flexibility index (Phi) is 5.36. The van der Waals surface area contributed by atoms with Crippen molar-refractivity contribution in [1.82, 2.24) is 15.1 Å². The summed E-state index contributed by atoms with van der Waals surface area (Å²) in [5.41, 5.74) is 1.13. The molecule has 0 aliphatic carbocycles. The first-order valence-corrected chi connectivity index (χ1v) is 8.27. The molecule has 1 saturated heterocycles. The normalized spacial score (nSPS) is 17.5. The van der Waals surface area contributed by atoms with Crippen LogP contribution in [0.5, 0.6) is 11.5 Å². The van der Waals surface area contributed by atoms with Gasteiger partial charge in [-0.1, -0.05) is 0 Å². The van der Waals surface area contributed by atoms with E-state index in [9.17, 15) is 4.79 Å². The van der Waals surface area contributed by atoms with Crippen molar-refractivity contribution in [2.75, 3.05) is 26.8 Å². The lowest BCUT2D eigenvalue weighted by Gasteiger charge is -2.32. The van der Waals surface area contributed by atoms with E-state index in [1.807, 2.05) is 35.2 Å². The molecule has 3 rings (SSSR count). The molecule has 1 aliphatic rings. The number of benzene rings is 1. The summed E-state index contributed by atoms with van der Waals surface area (Å²) in [6.07, 6.45) is 4.88. The number of aromatic amines is 1. The molecule has 2 heterocycles. The van der Waals surface area contributed by atoms with Gasteiger partial charge in [0.05, 0.1) is 7.11 Å². The Balaban J connectivity index is 1.48. The molecule has 1 aliphatic heterocycles. The van der Waals surface area contributed by atoms with Crippen molar-refractivity contribution in [2.45, 2.75) is 19.3 Å². The molecule has 6 heteroatoms. The number of aromatic nitrogens is 2. The molecule has 0 bridgehead atoms. The average Bonchev–Trinajstić information content (AvgIpc) is 3.13. The summed E-state index contributed by atoms with van der Waals surface area (Å²) in [6, 6.07) is 9.25. The SMILES string of the molecule is COc1ccc(OCC(=O)N2CCCC(Cc3ccn[nH]3)C2)cc1. The number of rotatable bonds is 6. The molecule has 128 valence electrons. The van der Waals surface area contributed by atoms with Crippen LogP contribution in [-0.2, 0) is 11.2 Å². The number of nitrogens with zero attached hydrogens (tertiary/aromatic N) is 2. The van der Waals surface area contributed by atoms with Gasteiger partial charge in [0.2, 0.25) is 0 Å². The van der Waals surface area contributed by atoms with E-state index in [1.165, 1.54) is 0 Å². The van der Waals surface area contributed by atoms with E-state index in [1.54, 1.807) is 13.3 Å². The highest BCUT2D eigenvalue weighted by molar-refractivity contribution is 5.77. The van der Waals surface area contributed by atoms with Crippen molar-refractivity contribution in [2.24, 2.45) is 5.92 Å². The summed E-state index contributed by atoms with van der Waals surface area (Å²) in [5.74, 6) is 1.96. The molecule has 1 amide bonds. The number of H-pyrrole nitrogens is 1. The van der Waals surface area contributed by atoms with Crippen molar-refractivity contribution in [3.8, 4) is 11.5 Å². The Morgan fingerprint density at radius 2 is 2.08 bits per heavy atom. The number of amides is 1. The van der Waals surface area contributed by atoms with Crippen molar-refractivity contribution in [3.63, 3.8) is 0 Å². The predicted molar refractivity (Wildman–Crippen MR) is 90.1 cm³/mol. The smallest absolute Gasteiger partial charge is 0.260 e. The standard InChI is InChI=1S/C18H23N3O3/c1-23-16-4-6-17(7-5-16)24-13-18(22)21-10-2-3-14(12-21)11-15-8-9-19-20-15/h4-9,14H,2-3,10-13H2,1H3,(H,19,20). The molecular weight excluding hydrogens is 306 g/mol. The van der Waals surface area contributed by atoms with Gasteiger partial charge in [-0.05, 0) is 55.5 Å². The maximum Gasteiger partial charge on any atom is 0.260 e. The fraction of sp³-hybridized carbons (Fsp3) is 0.444. The zero-order valence-corrected chi connectivity index (χ0v) is 13.9. The van der Waals surface area contributed by atoms with Crippen LogP contribution in [0, 0.1) is 5.92 Å². The van der Waals surface area contributed by atoms with Crippen LogP contribution in [0.2, 0.25) is 0 Å². The van der Waals surface area contributed by atoms with E-state index >= 15 is 0 Å². The summed E-state index contributed by atoms with van der Waals surface area (Å²) >= 11 is 0. The van der Waals surface area contributed by atoms with Crippen LogP contribution in [0.3, 0.4) is 0 Å². The monoisotopic (exact) mass is 329 g/mol. The summed E-state index contributed by atoms with van der Waals surface area (Å²) in [4.78, 5) is 14.3. The third-order valence-electron chi connectivity index (χ3n) is 4.36. The average molecular weight is 329 g/mol. The number of ether oxygens (including phenoxy) is 2. The zero-order chi connectivity index (χ0) is 16.8. The lowest BCUT2D eigenvalue weighted by molar-refractivity contribution is -0.135. The Morgan fingerprint density at radius 1 is 1.29 bits per heavy atom. The molecule has 0 radical (unpaired) electrons. The second-order valence-electron chi connectivity index (χ2n) is 6.10. The predicted octanol–water partition coefficient (Wildman–Crippen LogP) is 2.28. The van der Waals surface area contributed by atoms with Crippen molar-refractivity contribution < 1.29 is 14.3 Å². The minimum absolute atomic E-state index is 0.0418. The largest absolute Gasteiger partial charge is 0.497 e. The molecule has 1 atom stereocenters. The number of piperidine rings is 1. The number of carbonyl (C=O) groups is 1. The second-order valence-corrected chi connectivity index (χ2v) is 6.10. The zero-order valence-electron chi connectivity index (χ0n) is 13.9. The van der Waals surface area contributed by atoms with Crippen LogP contribution in [-0.4, -0.2) is 47.8 Å². The highest BCUT2D eigenvalue weighted by atomic mass is 16.5. The highest BCUT2D eigenvalue weighted by Gasteiger charge is 2.24.